The van der Waals surface area contributed by atoms with Gasteiger partial charge < -0.3 is 9.84 Å². The van der Waals surface area contributed by atoms with E-state index in [0.717, 1.165) is 12.8 Å². The zero-order valence-corrected chi connectivity index (χ0v) is 10.2. The van der Waals surface area contributed by atoms with Crippen LogP contribution >= 0.6 is 0 Å². The molecule has 1 saturated carbocycles. The molecule has 1 fully saturated rings. The van der Waals surface area contributed by atoms with Gasteiger partial charge >= 0.3 is 5.97 Å². The highest BCUT2D eigenvalue weighted by atomic mass is 16.5. The molecule has 0 aliphatic heterocycles. The molecule has 1 aliphatic carbocycles. The molecule has 1 rings (SSSR count). The van der Waals surface area contributed by atoms with Crippen molar-refractivity contribution in [1.82, 2.24) is 0 Å². The molecule has 0 aromatic heterocycles. The number of hydrogen-bond donors (Lipinski definition) is 1. The van der Waals surface area contributed by atoms with E-state index < -0.39 is 11.6 Å². The molecule has 0 aromatic rings. The van der Waals surface area contributed by atoms with Crippen LogP contribution in [0.3, 0.4) is 0 Å². The van der Waals surface area contributed by atoms with Crippen LogP contribution in [-0.4, -0.2) is 23.8 Å². The van der Waals surface area contributed by atoms with Crippen molar-refractivity contribution in [2.75, 3.05) is 7.11 Å². The second kappa shape index (κ2) is 4.12. The van der Waals surface area contributed by atoms with Crippen LogP contribution in [0, 0.1) is 11.3 Å². The van der Waals surface area contributed by atoms with E-state index in [0.29, 0.717) is 18.8 Å². The van der Waals surface area contributed by atoms with Gasteiger partial charge in [0.25, 0.3) is 0 Å². The van der Waals surface area contributed by atoms with E-state index in [9.17, 15) is 9.90 Å². The third-order valence-corrected chi connectivity index (χ3v) is 3.60. The summed E-state index contributed by atoms with van der Waals surface area (Å²) in [5.41, 5.74) is -0.964. The van der Waals surface area contributed by atoms with Crippen molar-refractivity contribution in [2.45, 2.75) is 52.1 Å². The summed E-state index contributed by atoms with van der Waals surface area (Å²) in [6.45, 7) is 6.63. The highest BCUT2D eigenvalue weighted by Gasteiger charge is 2.43. The van der Waals surface area contributed by atoms with Crippen LogP contribution in [-0.2, 0) is 9.53 Å². The summed E-state index contributed by atoms with van der Waals surface area (Å²) in [7, 11) is 1.33. The van der Waals surface area contributed by atoms with E-state index in [1.807, 2.05) is 0 Å². The van der Waals surface area contributed by atoms with Gasteiger partial charge in [0.2, 0.25) is 0 Å². The van der Waals surface area contributed by atoms with E-state index in [4.69, 9.17) is 0 Å². The molecule has 15 heavy (non-hydrogen) atoms. The van der Waals surface area contributed by atoms with Crippen LogP contribution in [0.25, 0.3) is 0 Å². The van der Waals surface area contributed by atoms with E-state index in [2.05, 4.69) is 25.5 Å². The Bertz CT molecular complexity index is 232. The maximum absolute atomic E-state index is 11.4. The van der Waals surface area contributed by atoms with Crippen molar-refractivity contribution in [3.8, 4) is 0 Å². The summed E-state index contributed by atoms with van der Waals surface area (Å²) in [5.74, 6) is 0.109. The van der Waals surface area contributed by atoms with Gasteiger partial charge in [0.05, 0.1) is 7.11 Å². The lowest BCUT2D eigenvalue weighted by atomic mass is 9.68. The molecule has 0 aromatic carbocycles. The number of rotatable bonds is 1. The smallest absolute Gasteiger partial charge is 0.337 e. The molecule has 0 atom stereocenters. The maximum Gasteiger partial charge on any atom is 0.337 e. The lowest BCUT2D eigenvalue weighted by molar-refractivity contribution is -0.167. The first-order valence-corrected chi connectivity index (χ1v) is 5.60. The minimum Gasteiger partial charge on any atom is -0.467 e. The average molecular weight is 214 g/mol. The molecule has 0 saturated heterocycles. The van der Waals surface area contributed by atoms with Crippen molar-refractivity contribution >= 4 is 5.97 Å². The number of carbonyl (C=O) groups excluding carboxylic acids is 1. The Morgan fingerprint density at radius 1 is 1.33 bits per heavy atom. The number of ether oxygens (including phenoxy) is 1. The van der Waals surface area contributed by atoms with Crippen LogP contribution in [0.1, 0.15) is 46.5 Å². The van der Waals surface area contributed by atoms with Crippen LogP contribution in [0.15, 0.2) is 0 Å². The fraction of sp³-hybridized carbons (Fsp3) is 0.917. The SMILES string of the molecule is COC(=O)C1(O)CCC(C(C)(C)C)CC1. The van der Waals surface area contributed by atoms with Crippen LogP contribution in [0.5, 0.6) is 0 Å². The Kier molecular flexibility index (Phi) is 3.44. The molecule has 0 heterocycles. The summed E-state index contributed by atoms with van der Waals surface area (Å²) >= 11 is 0. The second-order valence-corrected chi connectivity index (χ2v) is 5.66. The van der Waals surface area contributed by atoms with E-state index in [-0.39, 0.29) is 5.41 Å². The molecule has 0 bridgehead atoms. The van der Waals surface area contributed by atoms with Gasteiger partial charge in [-0.15, -0.1) is 0 Å². The maximum atomic E-state index is 11.4. The molecule has 3 heteroatoms. The molecule has 1 aliphatic rings. The van der Waals surface area contributed by atoms with Crippen LogP contribution in [0.2, 0.25) is 0 Å². The topological polar surface area (TPSA) is 46.5 Å². The Labute approximate surface area is 91.8 Å². The first kappa shape index (κ1) is 12.5. The Morgan fingerprint density at radius 2 is 1.80 bits per heavy atom. The largest absolute Gasteiger partial charge is 0.467 e. The Hall–Kier alpha value is -0.570. The second-order valence-electron chi connectivity index (χ2n) is 5.66. The molecule has 0 spiro atoms. The van der Waals surface area contributed by atoms with Gasteiger partial charge in [-0.1, -0.05) is 20.8 Å². The minimum absolute atomic E-state index is 0.261. The average Bonchev–Trinajstić information content (AvgIpc) is 2.15. The van der Waals surface area contributed by atoms with Gasteiger partial charge in [-0.25, -0.2) is 4.79 Å². The standard InChI is InChI=1S/C12H22O3/c1-11(2,3)9-5-7-12(14,8-6-9)10(13)15-4/h9,14H,5-8H2,1-4H3. The first-order valence-electron chi connectivity index (χ1n) is 5.60. The number of methoxy groups -OCH3 is 1. The predicted molar refractivity (Wildman–Crippen MR) is 58.4 cm³/mol. The fourth-order valence-electron chi connectivity index (χ4n) is 2.36. The summed E-state index contributed by atoms with van der Waals surface area (Å²) in [6, 6.07) is 0. The number of hydrogen-bond acceptors (Lipinski definition) is 3. The first-order chi connectivity index (χ1) is 6.79. The molecule has 3 nitrogen and oxygen atoms in total. The Morgan fingerprint density at radius 3 is 2.13 bits per heavy atom. The van der Waals surface area contributed by atoms with Gasteiger partial charge in [-0.3, -0.25) is 0 Å². The molecule has 0 amide bonds. The molecule has 1 N–H and O–H groups in total. The van der Waals surface area contributed by atoms with Gasteiger partial charge in [0.1, 0.15) is 0 Å². The number of esters is 1. The van der Waals surface area contributed by atoms with E-state index >= 15 is 0 Å². The summed E-state index contributed by atoms with van der Waals surface area (Å²) < 4.78 is 4.62. The minimum atomic E-state index is -1.23. The highest BCUT2D eigenvalue weighted by Crippen LogP contribution is 2.41. The van der Waals surface area contributed by atoms with Gasteiger partial charge in [0.15, 0.2) is 5.60 Å². The Balaban J connectivity index is 2.59. The summed E-state index contributed by atoms with van der Waals surface area (Å²) in [5, 5.41) is 10.0. The van der Waals surface area contributed by atoms with Crippen molar-refractivity contribution in [1.29, 1.82) is 0 Å². The predicted octanol–water partition coefficient (Wildman–Crippen LogP) is 2.13. The van der Waals surface area contributed by atoms with Crippen molar-refractivity contribution in [3.05, 3.63) is 0 Å². The van der Waals surface area contributed by atoms with Gasteiger partial charge in [-0.2, -0.15) is 0 Å². The van der Waals surface area contributed by atoms with Crippen molar-refractivity contribution in [3.63, 3.8) is 0 Å². The van der Waals surface area contributed by atoms with Crippen LogP contribution < -0.4 is 0 Å². The third kappa shape index (κ3) is 2.71. The molecular formula is C12H22O3. The van der Waals surface area contributed by atoms with E-state index in [1.54, 1.807) is 0 Å². The normalized spacial score (nSPS) is 32.5. The highest BCUT2D eigenvalue weighted by molar-refractivity contribution is 5.79. The van der Waals surface area contributed by atoms with Crippen molar-refractivity contribution < 1.29 is 14.6 Å². The van der Waals surface area contributed by atoms with Crippen LogP contribution in [0.4, 0.5) is 0 Å². The molecule has 88 valence electrons. The lowest BCUT2D eigenvalue weighted by Gasteiger charge is -2.39. The van der Waals surface area contributed by atoms with E-state index in [1.165, 1.54) is 7.11 Å². The molecule has 0 unspecified atom stereocenters. The monoisotopic (exact) mass is 214 g/mol. The van der Waals surface area contributed by atoms with Gasteiger partial charge in [-0.05, 0) is 37.0 Å². The zero-order valence-electron chi connectivity index (χ0n) is 10.2. The zero-order chi connectivity index (χ0) is 11.7. The summed E-state index contributed by atoms with van der Waals surface area (Å²) in [6.07, 6.45) is 2.85. The third-order valence-electron chi connectivity index (χ3n) is 3.60. The quantitative estimate of drug-likeness (QED) is 0.680. The fourth-order valence-corrected chi connectivity index (χ4v) is 2.36. The summed E-state index contributed by atoms with van der Waals surface area (Å²) in [4.78, 5) is 11.4. The molecule has 0 radical (unpaired) electrons. The van der Waals surface area contributed by atoms with Crippen molar-refractivity contribution in [2.24, 2.45) is 11.3 Å². The number of carbonyl (C=O) groups is 1. The lowest BCUT2D eigenvalue weighted by Crippen LogP contribution is -2.44. The van der Waals surface area contributed by atoms with Gasteiger partial charge in [0, 0.05) is 0 Å². The molecular weight excluding hydrogens is 192 g/mol. The number of aliphatic hydroxyl groups is 1.